The Morgan fingerprint density at radius 1 is 0.452 bits per heavy atom. The minimum Gasteiger partial charge on any atom is -0.0683 e. The molecule has 0 aliphatic heterocycles. The van der Waals surface area contributed by atoms with E-state index >= 15 is 0 Å². The van der Waals surface area contributed by atoms with Gasteiger partial charge in [-0.3, -0.25) is 0 Å². The molecule has 0 radical (unpaired) electrons. The third-order valence-electron chi connectivity index (χ3n) is 5.12. The quantitative estimate of drug-likeness (QED) is 0.316. The highest BCUT2D eigenvalue weighted by Gasteiger charge is 2.00. The molecule has 0 amide bonds. The summed E-state index contributed by atoms with van der Waals surface area (Å²) in [5.41, 5.74) is 9.34. The van der Waals surface area contributed by atoms with Gasteiger partial charge in [0.15, 0.2) is 0 Å². The van der Waals surface area contributed by atoms with Gasteiger partial charge in [-0.25, -0.2) is 0 Å². The van der Waals surface area contributed by atoms with Crippen molar-refractivity contribution in [2.24, 2.45) is 0 Å². The molecule has 160 valence electrons. The van der Waals surface area contributed by atoms with Crippen LogP contribution in [0, 0.1) is 13.8 Å². The molecule has 0 aliphatic rings. The Morgan fingerprint density at radius 3 is 1.26 bits per heavy atom. The van der Waals surface area contributed by atoms with Gasteiger partial charge in [-0.1, -0.05) is 135 Å². The molecular formula is C31H36. The standard InChI is InChI=1S/C21H20.C8H10.C2H6/c1-2-17-8-12-20(13-9-17)21-14-10-19(11-15-21)16-18-6-4-3-5-7-18;1-7-3-5-8(2)6-4-7;1-2/h3-15H,2,16H2,1H3;3-6H,1-2H3;1-2H3. The first-order valence-corrected chi connectivity index (χ1v) is 11.4. The van der Waals surface area contributed by atoms with E-state index in [9.17, 15) is 0 Å². The van der Waals surface area contributed by atoms with Gasteiger partial charge in [0.2, 0.25) is 0 Å². The molecule has 0 saturated heterocycles. The predicted octanol–water partition coefficient (Wildman–Crippen LogP) is 8.84. The van der Waals surface area contributed by atoms with Crippen LogP contribution in [0.1, 0.15) is 48.6 Å². The lowest BCUT2D eigenvalue weighted by atomic mass is 9.99. The van der Waals surface area contributed by atoms with E-state index in [2.05, 4.69) is 124 Å². The third-order valence-corrected chi connectivity index (χ3v) is 5.12. The zero-order valence-corrected chi connectivity index (χ0v) is 19.7. The van der Waals surface area contributed by atoms with Gasteiger partial charge in [-0.05, 0) is 54.5 Å². The first-order chi connectivity index (χ1) is 15.1. The van der Waals surface area contributed by atoms with Crippen molar-refractivity contribution in [3.05, 3.63) is 131 Å². The predicted molar refractivity (Wildman–Crippen MR) is 138 cm³/mol. The topological polar surface area (TPSA) is 0 Å². The van der Waals surface area contributed by atoms with E-state index in [0.717, 1.165) is 12.8 Å². The molecule has 0 aromatic heterocycles. The molecule has 31 heavy (non-hydrogen) atoms. The molecule has 0 spiro atoms. The molecule has 4 aromatic rings. The Balaban J connectivity index is 0.000000286. The summed E-state index contributed by atoms with van der Waals surface area (Å²) in [5.74, 6) is 0. The van der Waals surface area contributed by atoms with Crippen molar-refractivity contribution < 1.29 is 0 Å². The highest BCUT2D eigenvalue weighted by Crippen LogP contribution is 2.21. The third kappa shape index (κ3) is 8.26. The van der Waals surface area contributed by atoms with Crippen LogP contribution in [0.2, 0.25) is 0 Å². The van der Waals surface area contributed by atoms with Gasteiger partial charge in [-0.15, -0.1) is 0 Å². The maximum atomic E-state index is 2.23. The lowest BCUT2D eigenvalue weighted by Gasteiger charge is -2.06. The van der Waals surface area contributed by atoms with E-state index in [0.29, 0.717) is 0 Å². The molecule has 0 fully saturated rings. The van der Waals surface area contributed by atoms with Crippen LogP contribution in [0.3, 0.4) is 0 Å². The van der Waals surface area contributed by atoms with Crippen LogP contribution in [-0.4, -0.2) is 0 Å². The summed E-state index contributed by atoms with van der Waals surface area (Å²) in [6.45, 7) is 10.4. The van der Waals surface area contributed by atoms with E-state index in [4.69, 9.17) is 0 Å². The minimum atomic E-state index is 0.996. The molecule has 0 bridgehead atoms. The molecule has 0 nitrogen and oxygen atoms in total. The maximum Gasteiger partial charge on any atom is -0.00258 e. The Bertz CT molecular complexity index is 956. The van der Waals surface area contributed by atoms with Gasteiger partial charge in [0.25, 0.3) is 0 Å². The number of aryl methyl sites for hydroxylation is 3. The zero-order valence-electron chi connectivity index (χ0n) is 19.7. The average Bonchev–Trinajstić information content (AvgIpc) is 2.84. The van der Waals surface area contributed by atoms with Crippen LogP contribution in [0.15, 0.2) is 103 Å². The monoisotopic (exact) mass is 408 g/mol. The smallest absolute Gasteiger partial charge is 0.00258 e. The zero-order chi connectivity index (χ0) is 22.5. The second-order valence-corrected chi connectivity index (χ2v) is 7.56. The molecule has 4 aromatic carbocycles. The fraction of sp³-hybridized carbons (Fsp3) is 0.226. The molecular weight excluding hydrogens is 372 g/mol. The highest BCUT2D eigenvalue weighted by atomic mass is 14.0. The van der Waals surface area contributed by atoms with Crippen molar-refractivity contribution in [3.63, 3.8) is 0 Å². The van der Waals surface area contributed by atoms with Crippen LogP contribution >= 0.6 is 0 Å². The molecule has 0 atom stereocenters. The van der Waals surface area contributed by atoms with Crippen LogP contribution in [0.25, 0.3) is 11.1 Å². The Morgan fingerprint density at radius 2 is 0.839 bits per heavy atom. The minimum absolute atomic E-state index is 0.996. The Labute approximate surface area is 189 Å². The van der Waals surface area contributed by atoms with Gasteiger partial charge in [0.05, 0.1) is 0 Å². The lowest BCUT2D eigenvalue weighted by Crippen LogP contribution is -1.88. The summed E-state index contributed by atoms with van der Waals surface area (Å²) in [6, 6.07) is 36.9. The second kappa shape index (κ2) is 13.2. The fourth-order valence-electron chi connectivity index (χ4n) is 3.22. The summed E-state index contributed by atoms with van der Waals surface area (Å²) >= 11 is 0. The van der Waals surface area contributed by atoms with Crippen molar-refractivity contribution >= 4 is 0 Å². The Kier molecular flexibility index (Phi) is 10.3. The summed E-state index contributed by atoms with van der Waals surface area (Å²) < 4.78 is 0. The van der Waals surface area contributed by atoms with Crippen LogP contribution in [0.5, 0.6) is 0 Å². The van der Waals surface area contributed by atoms with E-state index in [1.807, 2.05) is 13.8 Å². The van der Waals surface area contributed by atoms with Gasteiger partial charge in [-0.2, -0.15) is 0 Å². The van der Waals surface area contributed by atoms with Crippen LogP contribution < -0.4 is 0 Å². The molecule has 4 rings (SSSR count). The van der Waals surface area contributed by atoms with E-state index < -0.39 is 0 Å². The molecule has 0 unspecified atom stereocenters. The van der Waals surface area contributed by atoms with Gasteiger partial charge >= 0.3 is 0 Å². The van der Waals surface area contributed by atoms with Crippen molar-refractivity contribution in [1.82, 2.24) is 0 Å². The summed E-state index contributed by atoms with van der Waals surface area (Å²) in [7, 11) is 0. The van der Waals surface area contributed by atoms with Crippen LogP contribution in [-0.2, 0) is 12.8 Å². The normalized spacial score (nSPS) is 9.71. The van der Waals surface area contributed by atoms with E-state index in [1.54, 1.807) is 0 Å². The average molecular weight is 409 g/mol. The molecule has 0 N–H and O–H groups in total. The largest absolute Gasteiger partial charge is 0.0683 e. The Hall–Kier alpha value is -3.12. The van der Waals surface area contributed by atoms with Crippen molar-refractivity contribution in [1.29, 1.82) is 0 Å². The molecule has 0 heterocycles. The summed E-state index contributed by atoms with van der Waals surface area (Å²) in [5, 5.41) is 0. The summed E-state index contributed by atoms with van der Waals surface area (Å²) in [6.07, 6.45) is 2.09. The van der Waals surface area contributed by atoms with Crippen molar-refractivity contribution in [2.75, 3.05) is 0 Å². The second-order valence-electron chi connectivity index (χ2n) is 7.56. The lowest BCUT2D eigenvalue weighted by molar-refractivity contribution is 1.14. The number of benzene rings is 4. The highest BCUT2D eigenvalue weighted by molar-refractivity contribution is 5.64. The number of rotatable bonds is 4. The van der Waals surface area contributed by atoms with Gasteiger partial charge < -0.3 is 0 Å². The number of hydrogen-bond acceptors (Lipinski definition) is 0. The van der Waals surface area contributed by atoms with Crippen LogP contribution in [0.4, 0.5) is 0 Å². The molecule has 0 saturated carbocycles. The number of hydrogen-bond donors (Lipinski definition) is 0. The van der Waals surface area contributed by atoms with E-state index in [-0.39, 0.29) is 0 Å². The molecule has 0 aliphatic carbocycles. The van der Waals surface area contributed by atoms with Gasteiger partial charge in [0, 0.05) is 0 Å². The SMILES string of the molecule is CC.CCc1ccc(-c2ccc(Cc3ccccc3)cc2)cc1.Cc1ccc(C)cc1. The van der Waals surface area contributed by atoms with E-state index in [1.165, 1.54) is 38.9 Å². The summed E-state index contributed by atoms with van der Waals surface area (Å²) in [4.78, 5) is 0. The maximum absolute atomic E-state index is 2.23. The van der Waals surface area contributed by atoms with Gasteiger partial charge in [0.1, 0.15) is 0 Å². The first kappa shape index (κ1) is 24.2. The molecule has 0 heteroatoms. The van der Waals surface area contributed by atoms with Crippen molar-refractivity contribution in [3.8, 4) is 11.1 Å². The fourth-order valence-corrected chi connectivity index (χ4v) is 3.22. The van der Waals surface area contributed by atoms with Crippen molar-refractivity contribution in [2.45, 2.75) is 47.5 Å². The first-order valence-electron chi connectivity index (χ1n) is 11.4.